The summed E-state index contributed by atoms with van der Waals surface area (Å²) in [5, 5.41) is 4.68. The van der Waals surface area contributed by atoms with Crippen molar-refractivity contribution in [2.75, 3.05) is 12.4 Å². The Bertz CT molecular complexity index is 1400. The summed E-state index contributed by atoms with van der Waals surface area (Å²) in [6, 6.07) is 17.7. The number of aromatic amines is 1. The third kappa shape index (κ3) is 3.29. The first-order chi connectivity index (χ1) is 14.6. The Morgan fingerprint density at radius 3 is 2.90 bits per heavy atom. The Morgan fingerprint density at radius 2 is 2.03 bits per heavy atom. The van der Waals surface area contributed by atoms with E-state index in [-0.39, 0.29) is 5.69 Å². The molecule has 0 atom stereocenters. The Labute approximate surface area is 176 Å². The third-order valence-electron chi connectivity index (χ3n) is 4.84. The lowest BCUT2D eigenvalue weighted by Crippen LogP contribution is -2.04. The molecule has 30 heavy (non-hydrogen) atoms. The number of ether oxygens (including phenoxy) is 1. The highest BCUT2D eigenvalue weighted by molar-refractivity contribution is 7.22. The van der Waals surface area contributed by atoms with Crippen molar-refractivity contribution in [3.05, 3.63) is 72.2 Å². The van der Waals surface area contributed by atoms with Gasteiger partial charge in [0.15, 0.2) is 0 Å². The normalized spacial score (nSPS) is 11.1. The first kappa shape index (κ1) is 18.3. The van der Waals surface area contributed by atoms with E-state index in [1.807, 2.05) is 18.2 Å². The summed E-state index contributed by atoms with van der Waals surface area (Å²) in [5.74, 6) is -0.450. The molecule has 6 nitrogen and oxygen atoms in total. The van der Waals surface area contributed by atoms with Crippen LogP contribution in [-0.2, 0) is 4.74 Å². The number of benzene rings is 1. The molecular formula is C23H18N4O2S. The molecule has 0 aliphatic heterocycles. The number of nitrogens with zero attached hydrogens (tertiary/aromatic N) is 2. The van der Waals surface area contributed by atoms with E-state index in [1.54, 1.807) is 29.7 Å². The minimum absolute atomic E-state index is 0.286. The van der Waals surface area contributed by atoms with Crippen molar-refractivity contribution < 1.29 is 9.53 Å². The number of nitrogens with one attached hydrogen (secondary N) is 2. The van der Waals surface area contributed by atoms with Crippen LogP contribution in [0.25, 0.3) is 31.7 Å². The fourth-order valence-electron chi connectivity index (χ4n) is 3.46. The van der Waals surface area contributed by atoms with Gasteiger partial charge in [0.05, 0.1) is 33.6 Å². The molecule has 0 amide bonds. The van der Waals surface area contributed by atoms with Gasteiger partial charge in [0.25, 0.3) is 0 Å². The van der Waals surface area contributed by atoms with Crippen LogP contribution in [0.5, 0.6) is 0 Å². The van der Waals surface area contributed by atoms with Gasteiger partial charge in [-0.25, -0.2) is 9.78 Å². The fourth-order valence-corrected chi connectivity index (χ4v) is 4.52. The average molecular weight is 414 g/mol. The van der Waals surface area contributed by atoms with Crippen LogP contribution >= 0.6 is 11.3 Å². The van der Waals surface area contributed by atoms with E-state index in [0.717, 1.165) is 43.4 Å². The lowest BCUT2D eigenvalue weighted by molar-refractivity contribution is 0.0594. The van der Waals surface area contributed by atoms with Crippen LogP contribution in [0.3, 0.4) is 0 Å². The highest BCUT2D eigenvalue weighted by Gasteiger charge is 2.13. The quantitative estimate of drug-likeness (QED) is 0.370. The number of hydrogen-bond acceptors (Lipinski definition) is 6. The van der Waals surface area contributed by atoms with Gasteiger partial charge >= 0.3 is 5.97 Å². The van der Waals surface area contributed by atoms with E-state index in [1.165, 1.54) is 12.5 Å². The number of fused-ring (bicyclic) bond motifs is 2. The lowest BCUT2D eigenvalue weighted by Gasteiger charge is -2.07. The highest BCUT2D eigenvalue weighted by atomic mass is 32.1. The lowest BCUT2D eigenvalue weighted by atomic mass is 10.2. The van der Waals surface area contributed by atoms with Gasteiger partial charge in [0.2, 0.25) is 0 Å². The number of carbonyl (C=O) groups excluding carboxylic acids is 1. The van der Waals surface area contributed by atoms with Gasteiger partial charge in [0.1, 0.15) is 5.69 Å². The molecule has 0 spiro atoms. The molecule has 0 bridgehead atoms. The van der Waals surface area contributed by atoms with Crippen LogP contribution in [0.2, 0.25) is 0 Å². The van der Waals surface area contributed by atoms with E-state index < -0.39 is 5.97 Å². The zero-order valence-corrected chi connectivity index (χ0v) is 17.2. The summed E-state index contributed by atoms with van der Waals surface area (Å²) in [6.07, 6.45) is 1.79. The molecule has 5 rings (SSSR count). The number of anilines is 2. The molecule has 4 aromatic heterocycles. The molecule has 7 heteroatoms. The molecule has 0 aliphatic rings. The maximum atomic E-state index is 11.8. The SMILES string of the molecule is COC(=O)c1cccc(-c2cc3nccc(Nc4ccc5[nH]c(C)cc5c4)c3s2)n1. The first-order valence-corrected chi connectivity index (χ1v) is 10.2. The molecular weight excluding hydrogens is 396 g/mol. The number of rotatable bonds is 4. The monoisotopic (exact) mass is 414 g/mol. The van der Waals surface area contributed by atoms with Gasteiger partial charge in [-0.3, -0.25) is 4.98 Å². The van der Waals surface area contributed by atoms with E-state index in [0.29, 0.717) is 0 Å². The Balaban J connectivity index is 1.53. The van der Waals surface area contributed by atoms with Crippen molar-refractivity contribution in [2.45, 2.75) is 6.92 Å². The first-order valence-electron chi connectivity index (χ1n) is 9.41. The summed E-state index contributed by atoms with van der Waals surface area (Å²) < 4.78 is 5.81. The second kappa shape index (κ2) is 7.27. The van der Waals surface area contributed by atoms with Crippen molar-refractivity contribution in [1.29, 1.82) is 0 Å². The number of aromatic nitrogens is 3. The molecule has 148 valence electrons. The summed E-state index contributed by atoms with van der Waals surface area (Å²) in [5.41, 5.74) is 6.13. The maximum absolute atomic E-state index is 11.8. The Kier molecular flexibility index (Phi) is 4.44. The number of aryl methyl sites for hydroxylation is 1. The molecule has 5 aromatic rings. The van der Waals surface area contributed by atoms with Crippen LogP contribution in [0, 0.1) is 6.92 Å². The van der Waals surface area contributed by atoms with Gasteiger partial charge in [-0.05, 0) is 55.5 Å². The number of thiophene rings is 1. The van der Waals surface area contributed by atoms with E-state index in [9.17, 15) is 4.79 Å². The molecule has 2 N–H and O–H groups in total. The third-order valence-corrected chi connectivity index (χ3v) is 6.02. The standard InChI is InChI=1S/C23H18N4O2S/c1-13-10-14-11-15(6-7-16(14)25-13)26-18-8-9-24-20-12-21(30-22(18)20)17-4-3-5-19(27-17)23(28)29-2/h3-12,25H,1-2H3,(H,24,26). The largest absolute Gasteiger partial charge is 0.464 e. The van der Waals surface area contributed by atoms with Gasteiger partial charge in [-0.15, -0.1) is 11.3 Å². The molecule has 0 saturated carbocycles. The molecule has 0 unspecified atom stereocenters. The molecule has 1 aromatic carbocycles. The topological polar surface area (TPSA) is 79.9 Å². The van der Waals surface area contributed by atoms with Crippen LogP contribution in [0.15, 0.2) is 60.8 Å². The number of methoxy groups -OCH3 is 1. The summed E-state index contributed by atoms with van der Waals surface area (Å²) >= 11 is 1.59. The minimum atomic E-state index is -0.450. The highest BCUT2D eigenvalue weighted by Crippen LogP contribution is 2.37. The second-order valence-electron chi connectivity index (χ2n) is 6.96. The van der Waals surface area contributed by atoms with Crippen LogP contribution in [-0.4, -0.2) is 28.0 Å². The van der Waals surface area contributed by atoms with Crippen molar-refractivity contribution in [1.82, 2.24) is 15.0 Å². The van der Waals surface area contributed by atoms with Gasteiger partial charge in [0, 0.05) is 28.5 Å². The molecule has 0 fully saturated rings. The van der Waals surface area contributed by atoms with Crippen LogP contribution < -0.4 is 5.32 Å². The molecule has 4 heterocycles. The zero-order chi connectivity index (χ0) is 20.7. The Morgan fingerprint density at radius 1 is 1.13 bits per heavy atom. The molecule has 0 radical (unpaired) electrons. The van der Waals surface area contributed by atoms with Crippen molar-refractivity contribution >= 4 is 49.8 Å². The zero-order valence-electron chi connectivity index (χ0n) is 16.4. The number of hydrogen-bond donors (Lipinski definition) is 2. The number of esters is 1. The second-order valence-corrected chi connectivity index (χ2v) is 8.01. The fraction of sp³-hybridized carbons (Fsp3) is 0.0870. The van der Waals surface area contributed by atoms with Crippen LogP contribution in [0.4, 0.5) is 11.4 Å². The van der Waals surface area contributed by atoms with Crippen molar-refractivity contribution in [2.24, 2.45) is 0 Å². The summed E-state index contributed by atoms with van der Waals surface area (Å²) in [6.45, 7) is 2.05. The molecule has 0 saturated heterocycles. The number of H-pyrrole nitrogens is 1. The maximum Gasteiger partial charge on any atom is 0.356 e. The van der Waals surface area contributed by atoms with E-state index in [4.69, 9.17) is 4.74 Å². The number of pyridine rings is 2. The molecule has 0 aliphatic carbocycles. The number of carbonyl (C=O) groups is 1. The average Bonchev–Trinajstić information content (AvgIpc) is 3.36. The summed E-state index contributed by atoms with van der Waals surface area (Å²) in [4.78, 5) is 25.0. The Hall–Kier alpha value is -3.71. The van der Waals surface area contributed by atoms with E-state index >= 15 is 0 Å². The predicted molar refractivity (Wildman–Crippen MR) is 121 cm³/mol. The smallest absolute Gasteiger partial charge is 0.356 e. The van der Waals surface area contributed by atoms with E-state index in [2.05, 4.69) is 51.5 Å². The van der Waals surface area contributed by atoms with Gasteiger partial charge < -0.3 is 15.0 Å². The minimum Gasteiger partial charge on any atom is -0.464 e. The summed E-state index contributed by atoms with van der Waals surface area (Å²) in [7, 11) is 1.35. The predicted octanol–water partition coefficient (Wildman–Crippen LogP) is 5.68. The van der Waals surface area contributed by atoms with Crippen LogP contribution in [0.1, 0.15) is 16.2 Å². The van der Waals surface area contributed by atoms with Gasteiger partial charge in [-0.2, -0.15) is 0 Å². The van der Waals surface area contributed by atoms with Crippen molar-refractivity contribution in [3.8, 4) is 10.6 Å². The van der Waals surface area contributed by atoms with Crippen molar-refractivity contribution in [3.63, 3.8) is 0 Å². The van der Waals surface area contributed by atoms with Gasteiger partial charge in [-0.1, -0.05) is 6.07 Å².